The van der Waals surface area contributed by atoms with Gasteiger partial charge >= 0.3 is 6.03 Å². The summed E-state index contributed by atoms with van der Waals surface area (Å²) in [5.41, 5.74) is 2.05. The minimum atomic E-state index is -0.283. The molecule has 1 aromatic rings. The Morgan fingerprint density at radius 1 is 1.34 bits per heavy atom. The molecule has 1 aliphatic heterocycles. The van der Waals surface area contributed by atoms with E-state index >= 15 is 0 Å². The van der Waals surface area contributed by atoms with E-state index in [1.165, 1.54) is 11.8 Å². The van der Waals surface area contributed by atoms with Crippen molar-refractivity contribution < 1.29 is 14.4 Å². The Kier molecular flexibility index (Phi) is 8.35. The zero-order chi connectivity index (χ0) is 21.6. The topological polar surface area (TPSA) is 99.7 Å². The highest BCUT2D eigenvalue weighted by atomic mass is 35.5. The van der Waals surface area contributed by atoms with Gasteiger partial charge in [-0.25, -0.2) is 20.2 Å². The average Bonchev–Trinajstić information content (AvgIpc) is 2.62. The number of hydroxylamine groups is 1. The van der Waals surface area contributed by atoms with Gasteiger partial charge in [0, 0.05) is 37.3 Å². The molecule has 1 atom stereocenters. The summed E-state index contributed by atoms with van der Waals surface area (Å²) in [6.45, 7) is 11.9. The predicted molar refractivity (Wildman–Crippen MR) is 114 cm³/mol. The molecule has 9 nitrogen and oxygen atoms in total. The molecule has 0 radical (unpaired) electrons. The maximum atomic E-state index is 12.5. The van der Waals surface area contributed by atoms with E-state index in [4.69, 9.17) is 16.4 Å². The van der Waals surface area contributed by atoms with Crippen molar-refractivity contribution in [2.75, 3.05) is 36.9 Å². The Labute approximate surface area is 180 Å². The number of rotatable bonds is 6. The molecule has 0 aliphatic carbocycles. The highest BCUT2D eigenvalue weighted by Gasteiger charge is 2.30. The number of halogens is 1. The van der Waals surface area contributed by atoms with Crippen molar-refractivity contribution in [1.82, 2.24) is 25.7 Å². The first kappa shape index (κ1) is 23.5. The smallest absolute Gasteiger partial charge is 0.318 e. The maximum absolute atomic E-state index is 12.5. The third-order valence-electron chi connectivity index (χ3n) is 4.02. The number of hydrogen-bond acceptors (Lipinski definition) is 7. The molecular weight excluding hydrogens is 416 g/mol. The van der Waals surface area contributed by atoms with Crippen molar-refractivity contribution in [1.29, 1.82) is 0 Å². The largest absolute Gasteiger partial charge is 0.353 e. The van der Waals surface area contributed by atoms with Crippen LogP contribution in [-0.4, -0.2) is 70.4 Å². The lowest BCUT2D eigenvalue weighted by Gasteiger charge is -2.41. The van der Waals surface area contributed by atoms with Crippen molar-refractivity contribution >= 4 is 41.1 Å². The second-order valence-electron chi connectivity index (χ2n) is 7.75. The van der Waals surface area contributed by atoms with Gasteiger partial charge in [-0.05, 0) is 34.6 Å². The number of urea groups is 1. The first-order chi connectivity index (χ1) is 13.6. The Morgan fingerprint density at radius 3 is 2.69 bits per heavy atom. The first-order valence-electron chi connectivity index (χ1n) is 9.50. The number of thioether (sulfide) groups is 1. The van der Waals surface area contributed by atoms with Gasteiger partial charge < -0.3 is 15.1 Å². The van der Waals surface area contributed by atoms with Gasteiger partial charge in [0.15, 0.2) is 5.16 Å². The van der Waals surface area contributed by atoms with Crippen LogP contribution in [-0.2, 0) is 9.63 Å². The van der Waals surface area contributed by atoms with Gasteiger partial charge in [0.2, 0.25) is 0 Å². The van der Waals surface area contributed by atoms with E-state index in [1.54, 1.807) is 13.0 Å². The van der Waals surface area contributed by atoms with E-state index in [1.807, 2.05) is 32.6 Å². The molecule has 0 bridgehead atoms. The molecule has 0 aromatic carbocycles. The van der Waals surface area contributed by atoms with Crippen LogP contribution in [0.1, 0.15) is 34.6 Å². The molecule has 29 heavy (non-hydrogen) atoms. The van der Waals surface area contributed by atoms with E-state index < -0.39 is 0 Å². The lowest BCUT2D eigenvalue weighted by Crippen LogP contribution is -2.59. The third kappa shape index (κ3) is 7.52. The lowest BCUT2D eigenvalue weighted by molar-refractivity contribution is -0.130. The van der Waals surface area contributed by atoms with Gasteiger partial charge in [-0.3, -0.25) is 9.63 Å². The van der Waals surface area contributed by atoms with E-state index in [0.29, 0.717) is 42.4 Å². The van der Waals surface area contributed by atoms with Crippen LogP contribution in [0.25, 0.3) is 0 Å². The van der Waals surface area contributed by atoms with Crippen LogP contribution in [0.4, 0.5) is 10.6 Å². The number of anilines is 1. The van der Waals surface area contributed by atoms with Crippen molar-refractivity contribution in [2.24, 2.45) is 0 Å². The summed E-state index contributed by atoms with van der Waals surface area (Å²) in [6, 6.07) is 1.64. The van der Waals surface area contributed by atoms with Crippen LogP contribution in [0.15, 0.2) is 11.2 Å². The van der Waals surface area contributed by atoms with Gasteiger partial charge in [0.05, 0.1) is 12.4 Å². The van der Waals surface area contributed by atoms with Crippen molar-refractivity contribution in [2.45, 2.75) is 51.4 Å². The number of nitrogens with zero attached hydrogens (tertiary/aromatic N) is 4. The Bertz CT molecular complexity index is 730. The summed E-state index contributed by atoms with van der Waals surface area (Å²) in [4.78, 5) is 41.7. The molecule has 2 N–H and O–H groups in total. The van der Waals surface area contributed by atoms with Gasteiger partial charge in [-0.2, -0.15) is 0 Å². The fourth-order valence-corrected chi connectivity index (χ4v) is 3.65. The zero-order valence-corrected chi connectivity index (χ0v) is 19.1. The van der Waals surface area contributed by atoms with Crippen LogP contribution in [0.3, 0.4) is 0 Å². The molecule has 0 saturated carbocycles. The highest BCUT2D eigenvalue weighted by molar-refractivity contribution is 7.99. The molecular formula is C18H29ClN6O3S. The molecule has 1 fully saturated rings. The lowest BCUT2D eigenvalue weighted by atomic mass is 10.1. The van der Waals surface area contributed by atoms with Crippen LogP contribution < -0.4 is 15.7 Å². The fraction of sp³-hybridized carbons (Fsp3) is 0.667. The average molecular weight is 445 g/mol. The van der Waals surface area contributed by atoms with E-state index in [-0.39, 0.29) is 29.3 Å². The fourth-order valence-electron chi connectivity index (χ4n) is 2.78. The molecule has 162 valence electrons. The van der Waals surface area contributed by atoms with E-state index in [0.717, 1.165) is 0 Å². The second kappa shape index (κ2) is 10.3. The van der Waals surface area contributed by atoms with Gasteiger partial charge in [-0.15, -0.1) is 0 Å². The molecule has 2 rings (SSSR count). The maximum Gasteiger partial charge on any atom is 0.318 e. The van der Waals surface area contributed by atoms with Crippen LogP contribution >= 0.6 is 23.4 Å². The number of carbonyl (C=O) groups excluding carboxylic acids is 2. The van der Waals surface area contributed by atoms with E-state index in [2.05, 4.69) is 25.7 Å². The Morgan fingerprint density at radius 2 is 2.07 bits per heavy atom. The SMILES string of the molecule is CCONC(=O)CSc1nc(Cl)cc(N2CCN(C(=O)NC(C)(C)C)C(C)C2)n1. The minimum Gasteiger partial charge on any atom is -0.353 e. The summed E-state index contributed by atoms with van der Waals surface area (Å²) < 4.78 is 0. The summed E-state index contributed by atoms with van der Waals surface area (Å²) in [7, 11) is 0. The van der Waals surface area contributed by atoms with Gasteiger partial charge in [0.25, 0.3) is 5.91 Å². The molecule has 1 saturated heterocycles. The third-order valence-corrected chi connectivity index (χ3v) is 5.06. The first-order valence-corrected chi connectivity index (χ1v) is 10.9. The van der Waals surface area contributed by atoms with Crippen molar-refractivity contribution in [3.63, 3.8) is 0 Å². The van der Waals surface area contributed by atoms with Crippen LogP contribution in [0.2, 0.25) is 5.15 Å². The second-order valence-corrected chi connectivity index (χ2v) is 9.08. The standard InChI is InChI=1S/C18H29ClN6O3S/c1-6-28-23-15(26)11-29-16-20-13(19)9-14(21-16)24-7-8-25(12(2)10-24)17(27)22-18(3,4)5/h9,12H,6-8,10-11H2,1-5H3,(H,22,27)(H,23,26). The predicted octanol–water partition coefficient (Wildman–Crippen LogP) is 2.31. The number of piperazine rings is 1. The molecule has 1 aliphatic rings. The van der Waals surface area contributed by atoms with Gasteiger partial charge in [-0.1, -0.05) is 23.4 Å². The molecule has 0 spiro atoms. The van der Waals surface area contributed by atoms with Gasteiger partial charge in [0.1, 0.15) is 11.0 Å². The summed E-state index contributed by atoms with van der Waals surface area (Å²) in [5.74, 6) is 0.534. The Hall–Kier alpha value is -1.78. The molecule has 3 amide bonds. The minimum absolute atomic E-state index is 0.00733. The van der Waals surface area contributed by atoms with Crippen LogP contribution in [0.5, 0.6) is 0 Å². The molecule has 2 heterocycles. The highest BCUT2D eigenvalue weighted by Crippen LogP contribution is 2.24. The monoisotopic (exact) mass is 444 g/mol. The molecule has 11 heteroatoms. The normalized spacial score (nSPS) is 17.2. The number of amides is 3. The number of hydrogen-bond donors (Lipinski definition) is 2. The van der Waals surface area contributed by atoms with Crippen molar-refractivity contribution in [3.05, 3.63) is 11.2 Å². The zero-order valence-electron chi connectivity index (χ0n) is 17.5. The Balaban J connectivity index is 2.00. The molecule has 1 unspecified atom stereocenters. The number of nitrogens with one attached hydrogen (secondary N) is 2. The van der Waals surface area contributed by atoms with Crippen LogP contribution in [0, 0.1) is 0 Å². The van der Waals surface area contributed by atoms with E-state index in [9.17, 15) is 9.59 Å². The number of aromatic nitrogens is 2. The van der Waals surface area contributed by atoms with Crippen molar-refractivity contribution in [3.8, 4) is 0 Å². The summed E-state index contributed by atoms with van der Waals surface area (Å²) in [6.07, 6.45) is 0. The quantitative estimate of drug-likeness (QED) is 0.300. The number of carbonyl (C=O) groups is 2. The summed E-state index contributed by atoms with van der Waals surface area (Å²) >= 11 is 7.35. The summed E-state index contributed by atoms with van der Waals surface area (Å²) in [5, 5.41) is 3.73. The molecule has 1 aromatic heterocycles.